The van der Waals surface area contributed by atoms with Crippen molar-refractivity contribution in [1.82, 2.24) is 15.2 Å². The number of nitrogens with zero attached hydrogens (tertiary/aromatic N) is 3. The normalized spacial score (nSPS) is 10.3. The van der Waals surface area contributed by atoms with Crippen molar-refractivity contribution in [2.75, 3.05) is 45.1 Å². The maximum absolute atomic E-state index is 6.09. The van der Waals surface area contributed by atoms with E-state index in [9.17, 15) is 0 Å². The highest BCUT2D eigenvalue weighted by Gasteiger charge is 2.11. The summed E-state index contributed by atoms with van der Waals surface area (Å²) < 4.78 is 15.5. The van der Waals surface area contributed by atoms with E-state index < -0.39 is 0 Å². The van der Waals surface area contributed by atoms with Crippen LogP contribution in [0.3, 0.4) is 0 Å². The molecule has 0 spiro atoms. The van der Waals surface area contributed by atoms with Gasteiger partial charge < -0.3 is 24.8 Å². The van der Waals surface area contributed by atoms with Gasteiger partial charge in [-0.2, -0.15) is 10.1 Å². The van der Waals surface area contributed by atoms with Gasteiger partial charge in [0.1, 0.15) is 11.5 Å². The van der Waals surface area contributed by atoms with E-state index in [2.05, 4.69) is 25.8 Å². The minimum atomic E-state index is 0.395. The van der Waals surface area contributed by atoms with Crippen LogP contribution >= 0.6 is 11.6 Å². The maximum Gasteiger partial charge on any atom is 0.244 e. The fourth-order valence-electron chi connectivity index (χ4n) is 1.80. The van der Waals surface area contributed by atoms with E-state index in [-0.39, 0.29) is 0 Å². The van der Waals surface area contributed by atoms with E-state index in [1.807, 2.05) is 0 Å². The minimum Gasteiger partial charge on any atom is -0.495 e. The first-order valence-electron chi connectivity index (χ1n) is 6.79. The van der Waals surface area contributed by atoms with Crippen molar-refractivity contribution in [3.8, 4) is 11.5 Å². The number of benzene rings is 1. The highest BCUT2D eigenvalue weighted by atomic mass is 35.5. The van der Waals surface area contributed by atoms with Gasteiger partial charge >= 0.3 is 0 Å². The second kappa shape index (κ2) is 8.35. The summed E-state index contributed by atoms with van der Waals surface area (Å²) in [7, 11) is 4.72. The Labute approximate surface area is 139 Å². The molecule has 0 aliphatic heterocycles. The molecule has 2 rings (SSSR count). The molecular weight excluding hydrogens is 322 g/mol. The van der Waals surface area contributed by atoms with Gasteiger partial charge in [0.2, 0.25) is 5.95 Å². The number of hydrogen-bond donors (Lipinski definition) is 2. The molecule has 0 aliphatic rings. The molecule has 0 fully saturated rings. The van der Waals surface area contributed by atoms with Crippen molar-refractivity contribution < 1.29 is 14.2 Å². The van der Waals surface area contributed by atoms with Crippen molar-refractivity contribution in [3.05, 3.63) is 23.4 Å². The quantitative estimate of drug-likeness (QED) is 0.708. The first-order valence-corrected chi connectivity index (χ1v) is 7.16. The molecule has 1 heterocycles. The number of anilines is 3. The Hall–Kier alpha value is -2.32. The van der Waals surface area contributed by atoms with Crippen LogP contribution in [0, 0.1) is 0 Å². The molecule has 0 amide bonds. The van der Waals surface area contributed by atoms with Crippen LogP contribution in [-0.4, -0.2) is 49.7 Å². The Morgan fingerprint density at radius 1 is 1.13 bits per heavy atom. The van der Waals surface area contributed by atoms with Crippen LogP contribution in [0.25, 0.3) is 0 Å². The molecule has 0 unspecified atom stereocenters. The number of halogens is 1. The van der Waals surface area contributed by atoms with Gasteiger partial charge in [0.05, 0.1) is 37.7 Å². The summed E-state index contributed by atoms with van der Waals surface area (Å²) >= 11 is 6.09. The highest BCUT2D eigenvalue weighted by Crippen LogP contribution is 2.36. The number of aromatic nitrogens is 3. The smallest absolute Gasteiger partial charge is 0.244 e. The van der Waals surface area contributed by atoms with Crippen molar-refractivity contribution in [2.24, 2.45) is 0 Å². The summed E-state index contributed by atoms with van der Waals surface area (Å²) in [5.41, 5.74) is 0.650. The van der Waals surface area contributed by atoms with E-state index in [1.165, 1.54) is 6.20 Å². The maximum atomic E-state index is 6.09. The third kappa shape index (κ3) is 4.57. The summed E-state index contributed by atoms with van der Waals surface area (Å²) in [6.45, 7) is 1.13. The molecule has 124 valence electrons. The molecule has 0 aliphatic carbocycles. The van der Waals surface area contributed by atoms with Crippen LogP contribution in [0.15, 0.2) is 18.3 Å². The number of ether oxygens (including phenoxy) is 3. The molecule has 8 nitrogen and oxygen atoms in total. The second-order valence-electron chi connectivity index (χ2n) is 4.40. The van der Waals surface area contributed by atoms with Gasteiger partial charge in [0, 0.05) is 25.8 Å². The second-order valence-corrected chi connectivity index (χ2v) is 4.80. The largest absolute Gasteiger partial charge is 0.495 e. The van der Waals surface area contributed by atoms with E-state index in [0.717, 1.165) is 0 Å². The number of rotatable bonds is 8. The van der Waals surface area contributed by atoms with E-state index in [4.69, 9.17) is 25.8 Å². The predicted molar refractivity (Wildman–Crippen MR) is 88.0 cm³/mol. The molecule has 9 heteroatoms. The van der Waals surface area contributed by atoms with Crippen LogP contribution in [-0.2, 0) is 4.74 Å². The lowest BCUT2D eigenvalue weighted by atomic mass is 10.2. The monoisotopic (exact) mass is 339 g/mol. The van der Waals surface area contributed by atoms with Crippen LogP contribution in [0.5, 0.6) is 11.5 Å². The van der Waals surface area contributed by atoms with E-state index >= 15 is 0 Å². The topological polar surface area (TPSA) is 90.4 Å². The first-order chi connectivity index (χ1) is 11.2. The van der Waals surface area contributed by atoms with Crippen LogP contribution in [0.4, 0.5) is 17.5 Å². The minimum absolute atomic E-state index is 0.395. The number of hydrogen-bond acceptors (Lipinski definition) is 8. The Morgan fingerprint density at radius 3 is 2.61 bits per heavy atom. The molecule has 2 aromatic rings. The summed E-state index contributed by atoms with van der Waals surface area (Å²) in [6, 6.07) is 3.39. The molecule has 0 saturated heterocycles. The third-order valence-corrected chi connectivity index (χ3v) is 3.18. The van der Waals surface area contributed by atoms with Crippen molar-refractivity contribution in [3.63, 3.8) is 0 Å². The Morgan fingerprint density at radius 2 is 1.91 bits per heavy atom. The van der Waals surface area contributed by atoms with Crippen LogP contribution in [0.2, 0.25) is 5.02 Å². The van der Waals surface area contributed by atoms with Gasteiger partial charge in [-0.05, 0) is 0 Å². The molecular formula is C14H18ClN5O3. The zero-order chi connectivity index (χ0) is 16.7. The van der Waals surface area contributed by atoms with Crippen molar-refractivity contribution >= 4 is 29.1 Å². The average molecular weight is 340 g/mol. The third-order valence-electron chi connectivity index (χ3n) is 2.88. The first kappa shape index (κ1) is 17.0. The highest BCUT2D eigenvalue weighted by molar-refractivity contribution is 6.32. The summed E-state index contributed by atoms with van der Waals surface area (Å²) in [5.74, 6) is 1.98. The van der Waals surface area contributed by atoms with Crippen LogP contribution in [0.1, 0.15) is 0 Å². The predicted octanol–water partition coefficient (Wildman–Crippen LogP) is 2.34. The van der Waals surface area contributed by atoms with E-state index in [1.54, 1.807) is 33.5 Å². The molecule has 0 bridgehead atoms. The summed E-state index contributed by atoms with van der Waals surface area (Å²) in [5, 5.41) is 14.4. The molecule has 0 saturated carbocycles. The van der Waals surface area contributed by atoms with Crippen molar-refractivity contribution in [1.29, 1.82) is 0 Å². The summed E-state index contributed by atoms with van der Waals surface area (Å²) in [6.07, 6.45) is 1.50. The fourth-order valence-corrected chi connectivity index (χ4v) is 2.03. The van der Waals surface area contributed by atoms with Gasteiger partial charge in [0.15, 0.2) is 5.82 Å². The molecule has 1 aromatic heterocycles. The van der Waals surface area contributed by atoms with Crippen LogP contribution < -0.4 is 20.1 Å². The van der Waals surface area contributed by atoms with E-state index in [0.29, 0.717) is 47.1 Å². The molecule has 1 aromatic carbocycles. The van der Waals surface area contributed by atoms with Gasteiger partial charge in [-0.15, -0.1) is 5.10 Å². The molecule has 0 atom stereocenters. The SMILES string of the molecule is COCCNc1nncc(Nc2cc(OC)c(Cl)cc2OC)n1. The molecule has 23 heavy (non-hydrogen) atoms. The number of methoxy groups -OCH3 is 3. The lowest BCUT2D eigenvalue weighted by Gasteiger charge is -2.13. The lowest BCUT2D eigenvalue weighted by molar-refractivity contribution is 0.210. The average Bonchev–Trinajstić information content (AvgIpc) is 2.56. The Bertz CT molecular complexity index is 656. The fraction of sp³-hybridized carbons (Fsp3) is 0.357. The van der Waals surface area contributed by atoms with Gasteiger partial charge in [-0.25, -0.2) is 0 Å². The summed E-state index contributed by atoms with van der Waals surface area (Å²) in [4.78, 5) is 4.31. The zero-order valence-electron chi connectivity index (χ0n) is 13.1. The Balaban J connectivity index is 2.19. The van der Waals surface area contributed by atoms with Gasteiger partial charge in [-0.1, -0.05) is 11.6 Å². The van der Waals surface area contributed by atoms with Crippen molar-refractivity contribution in [2.45, 2.75) is 0 Å². The molecule has 0 radical (unpaired) electrons. The van der Waals surface area contributed by atoms with Gasteiger partial charge in [-0.3, -0.25) is 0 Å². The molecule has 2 N–H and O–H groups in total. The Kier molecular flexibility index (Phi) is 6.19. The van der Waals surface area contributed by atoms with Gasteiger partial charge in [0.25, 0.3) is 0 Å². The standard InChI is InChI=1S/C14H18ClN5O3/c1-21-5-4-16-14-19-13(8-17-20-14)18-10-7-11(22-2)9(15)6-12(10)23-3/h6-8H,4-5H2,1-3H3,(H2,16,18,19,20). The lowest BCUT2D eigenvalue weighted by Crippen LogP contribution is -2.11. The zero-order valence-corrected chi connectivity index (χ0v) is 13.8. The number of nitrogens with one attached hydrogen (secondary N) is 2.